The minimum absolute atomic E-state index is 0.272. The Hall–Kier alpha value is -0.830. The molecular formula is C17H22ClFN2. The molecule has 0 aliphatic heterocycles. The molecule has 0 aromatic carbocycles. The summed E-state index contributed by atoms with van der Waals surface area (Å²) in [7, 11) is 0. The van der Waals surface area contributed by atoms with E-state index in [0.29, 0.717) is 16.3 Å². The number of pyridine rings is 1. The van der Waals surface area contributed by atoms with Gasteiger partial charge >= 0.3 is 0 Å². The molecule has 4 aliphatic carbocycles. The predicted octanol–water partition coefficient (Wildman–Crippen LogP) is 4.89. The Bertz CT molecular complexity index is 524. The molecule has 0 spiro atoms. The Kier molecular flexibility index (Phi) is 3.18. The van der Waals surface area contributed by atoms with Crippen molar-refractivity contribution in [3.63, 3.8) is 0 Å². The second kappa shape index (κ2) is 4.84. The van der Waals surface area contributed by atoms with Crippen molar-refractivity contribution in [3.05, 3.63) is 23.1 Å². The maximum atomic E-state index is 14.0. The molecule has 4 fully saturated rings. The van der Waals surface area contributed by atoms with Crippen molar-refractivity contribution in [1.82, 2.24) is 4.98 Å². The van der Waals surface area contributed by atoms with E-state index in [1.165, 1.54) is 50.8 Å². The summed E-state index contributed by atoms with van der Waals surface area (Å²) in [5.74, 6) is 2.72. The third-order valence-electron chi connectivity index (χ3n) is 6.17. The molecule has 2 nitrogen and oxygen atoms in total. The van der Waals surface area contributed by atoms with Gasteiger partial charge in [-0.2, -0.15) is 0 Å². The topological polar surface area (TPSA) is 24.9 Å². The molecule has 4 heteroatoms. The summed E-state index contributed by atoms with van der Waals surface area (Å²) in [6.07, 6.45) is 9.73. The highest BCUT2D eigenvalue weighted by Crippen LogP contribution is 2.61. The number of hydrogen-bond acceptors (Lipinski definition) is 2. The van der Waals surface area contributed by atoms with Gasteiger partial charge in [0.05, 0.1) is 5.02 Å². The third kappa shape index (κ3) is 2.34. The van der Waals surface area contributed by atoms with Crippen molar-refractivity contribution in [2.45, 2.75) is 51.5 Å². The lowest BCUT2D eigenvalue weighted by Crippen LogP contribution is -2.53. The van der Waals surface area contributed by atoms with Crippen LogP contribution in [0.1, 0.15) is 45.4 Å². The summed E-state index contributed by atoms with van der Waals surface area (Å²) in [6.45, 7) is 2.21. The summed E-state index contributed by atoms with van der Waals surface area (Å²) in [6, 6.07) is 1.61. The van der Waals surface area contributed by atoms with Crippen LogP contribution in [0.4, 0.5) is 10.2 Å². The van der Waals surface area contributed by atoms with Gasteiger partial charge in [0.25, 0.3) is 0 Å². The summed E-state index contributed by atoms with van der Waals surface area (Å²) >= 11 is 5.78. The van der Waals surface area contributed by atoms with Crippen LogP contribution in [0.5, 0.6) is 0 Å². The van der Waals surface area contributed by atoms with E-state index in [2.05, 4.69) is 17.2 Å². The van der Waals surface area contributed by atoms with Crippen LogP contribution in [0.25, 0.3) is 0 Å². The normalized spacial score (nSPS) is 38.5. The smallest absolute Gasteiger partial charge is 0.166 e. The Balaban J connectivity index is 1.56. The van der Waals surface area contributed by atoms with Crippen molar-refractivity contribution >= 4 is 17.4 Å². The Morgan fingerprint density at radius 1 is 1.24 bits per heavy atom. The average Bonchev–Trinajstić information content (AvgIpc) is 2.40. The average molecular weight is 309 g/mol. The highest BCUT2D eigenvalue weighted by atomic mass is 35.5. The van der Waals surface area contributed by atoms with Crippen LogP contribution in [0.2, 0.25) is 5.02 Å². The van der Waals surface area contributed by atoms with E-state index in [1.807, 2.05) is 0 Å². The van der Waals surface area contributed by atoms with Crippen LogP contribution in [0.3, 0.4) is 0 Å². The van der Waals surface area contributed by atoms with Crippen molar-refractivity contribution in [1.29, 1.82) is 0 Å². The van der Waals surface area contributed by atoms with Gasteiger partial charge in [-0.05, 0) is 74.7 Å². The minimum atomic E-state index is -0.348. The van der Waals surface area contributed by atoms with Gasteiger partial charge in [-0.25, -0.2) is 9.37 Å². The fourth-order valence-corrected chi connectivity index (χ4v) is 5.73. The second-order valence-corrected chi connectivity index (χ2v) is 8.07. The number of nitrogens with zero attached hydrogens (tertiary/aromatic N) is 1. The fourth-order valence-electron chi connectivity index (χ4n) is 5.59. The van der Waals surface area contributed by atoms with Crippen LogP contribution < -0.4 is 5.32 Å². The molecule has 1 atom stereocenters. The molecule has 1 aromatic rings. The van der Waals surface area contributed by atoms with Crippen LogP contribution >= 0.6 is 11.6 Å². The molecule has 4 aliphatic rings. The van der Waals surface area contributed by atoms with Crippen molar-refractivity contribution in [3.8, 4) is 0 Å². The SMILES string of the molecule is CC(Nc1ncc(Cl)cc1F)C12CC3CC(CC(C3)C1)C2. The molecule has 4 saturated carbocycles. The second-order valence-electron chi connectivity index (χ2n) is 7.63. The van der Waals surface area contributed by atoms with Crippen molar-refractivity contribution < 1.29 is 4.39 Å². The molecule has 5 rings (SSSR count). The van der Waals surface area contributed by atoms with E-state index in [0.717, 1.165) is 17.8 Å². The predicted molar refractivity (Wildman–Crippen MR) is 82.9 cm³/mol. The van der Waals surface area contributed by atoms with Gasteiger partial charge in [0.1, 0.15) is 0 Å². The number of anilines is 1. The van der Waals surface area contributed by atoms with Gasteiger partial charge in [-0.1, -0.05) is 11.6 Å². The first-order valence-electron chi connectivity index (χ1n) is 8.12. The first kappa shape index (κ1) is 13.8. The lowest BCUT2D eigenvalue weighted by atomic mass is 9.48. The van der Waals surface area contributed by atoms with Gasteiger partial charge in [-0.3, -0.25) is 0 Å². The van der Waals surface area contributed by atoms with Crippen LogP contribution in [0, 0.1) is 29.0 Å². The molecule has 21 heavy (non-hydrogen) atoms. The zero-order valence-corrected chi connectivity index (χ0v) is 13.2. The third-order valence-corrected chi connectivity index (χ3v) is 6.37. The lowest BCUT2D eigenvalue weighted by Gasteiger charge is -2.59. The number of aromatic nitrogens is 1. The number of halogens is 2. The zero-order valence-electron chi connectivity index (χ0n) is 12.4. The molecule has 1 heterocycles. The highest BCUT2D eigenvalue weighted by Gasteiger charge is 2.53. The number of nitrogens with one attached hydrogen (secondary N) is 1. The highest BCUT2D eigenvalue weighted by molar-refractivity contribution is 6.30. The van der Waals surface area contributed by atoms with E-state index < -0.39 is 0 Å². The Labute approximate surface area is 130 Å². The molecule has 0 radical (unpaired) electrons. The largest absolute Gasteiger partial charge is 0.365 e. The van der Waals surface area contributed by atoms with E-state index in [4.69, 9.17) is 11.6 Å². The summed E-state index contributed by atoms with van der Waals surface area (Å²) in [4.78, 5) is 4.13. The number of hydrogen-bond donors (Lipinski definition) is 1. The van der Waals surface area contributed by atoms with Crippen LogP contribution in [-0.4, -0.2) is 11.0 Å². The Morgan fingerprint density at radius 3 is 2.33 bits per heavy atom. The Morgan fingerprint density at radius 2 is 1.81 bits per heavy atom. The minimum Gasteiger partial charge on any atom is -0.365 e. The van der Waals surface area contributed by atoms with Gasteiger partial charge in [0, 0.05) is 12.2 Å². The van der Waals surface area contributed by atoms with E-state index in [-0.39, 0.29) is 11.9 Å². The van der Waals surface area contributed by atoms with E-state index in [9.17, 15) is 4.39 Å². The van der Waals surface area contributed by atoms with Gasteiger partial charge in [0.2, 0.25) is 0 Å². The standard InChI is InChI=1S/C17H22ClFN2/c1-10(21-16-15(19)5-14(18)9-20-16)17-6-11-2-12(7-17)4-13(3-11)8-17/h5,9-13H,2-4,6-8H2,1H3,(H,20,21). The zero-order chi connectivity index (χ0) is 14.6. The van der Waals surface area contributed by atoms with Crippen LogP contribution in [-0.2, 0) is 0 Å². The first-order chi connectivity index (χ1) is 10.0. The summed E-state index contributed by atoms with van der Waals surface area (Å²) in [5, 5.41) is 3.70. The first-order valence-corrected chi connectivity index (χ1v) is 8.49. The van der Waals surface area contributed by atoms with Gasteiger partial charge in [0.15, 0.2) is 11.6 Å². The molecule has 1 N–H and O–H groups in total. The lowest BCUT2D eigenvalue weighted by molar-refractivity contribution is -0.0603. The summed E-state index contributed by atoms with van der Waals surface area (Å²) in [5.41, 5.74) is 0.350. The molecule has 1 unspecified atom stereocenters. The molecule has 114 valence electrons. The van der Waals surface area contributed by atoms with Gasteiger partial charge < -0.3 is 5.32 Å². The monoisotopic (exact) mass is 308 g/mol. The molecule has 0 amide bonds. The fraction of sp³-hybridized carbons (Fsp3) is 0.706. The van der Waals surface area contributed by atoms with Crippen molar-refractivity contribution in [2.24, 2.45) is 23.2 Å². The molecule has 1 aromatic heterocycles. The van der Waals surface area contributed by atoms with E-state index in [1.54, 1.807) is 0 Å². The van der Waals surface area contributed by atoms with Gasteiger partial charge in [-0.15, -0.1) is 0 Å². The number of rotatable bonds is 3. The van der Waals surface area contributed by atoms with Crippen molar-refractivity contribution in [2.75, 3.05) is 5.32 Å². The van der Waals surface area contributed by atoms with E-state index >= 15 is 0 Å². The molecule has 4 bridgehead atoms. The maximum absolute atomic E-state index is 14.0. The van der Waals surface area contributed by atoms with Crippen LogP contribution in [0.15, 0.2) is 12.3 Å². The summed E-state index contributed by atoms with van der Waals surface area (Å²) < 4.78 is 14.0. The quantitative estimate of drug-likeness (QED) is 0.860. The molecule has 0 saturated heterocycles. The maximum Gasteiger partial charge on any atom is 0.166 e. The molecular weight excluding hydrogens is 287 g/mol.